The smallest absolute Gasteiger partial charge is 0.0635 e. The van der Waals surface area contributed by atoms with Crippen LogP contribution in [0.5, 0.6) is 0 Å². The van der Waals surface area contributed by atoms with Gasteiger partial charge in [0.2, 0.25) is 0 Å². The number of alkyl halides is 1. The lowest BCUT2D eigenvalue weighted by atomic mass is 10.1. The fourth-order valence-electron chi connectivity index (χ4n) is 2.12. The molecule has 0 atom stereocenters. The first-order valence-corrected chi connectivity index (χ1v) is 8.51. The van der Waals surface area contributed by atoms with Gasteiger partial charge >= 0.3 is 0 Å². The first-order chi connectivity index (χ1) is 8.72. The van der Waals surface area contributed by atoms with Gasteiger partial charge in [0.05, 0.1) is 6.07 Å². The van der Waals surface area contributed by atoms with Crippen molar-refractivity contribution < 1.29 is 0 Å². The molecule has 0 rings (SSSR count). The number of hydrogen-bond acceptors (Lipinski definition) is 2. The van der Waals surface area contributed by atoms with Gasteiger partial charge < -0.3 is 0 Å². The Labute approximate surface area is 122 Å². The van der Waals surface area contributed by atoms with Gasteiger partial charge in [-0.15, -0.1) is 0 Å². The van der Waals surface area contributed by atoms with Crippen LogP contribution in [0.15, 0.2) is 0 Å². The van der Waals surface area contributed by atoms with Gasteiger partial charge in [-0.2, -0.15) is 5.26 Å². The average Bonchev–Trinajstić information content (AvgIpc) is 2.35. The molecule has 0 aliphatic heterocycles. The Kier molecular flexibility index (Phi) is 13.3. The maximum Gasteiger partial charge on any atom is 0.0635 e. The van der Waals surface area contributed by atoms with E-state index in [2.05, 4.69) is 40.7 Å². The molecule has 106 valence electrons. The number of hydrogen-bond donors (Lipinski definition) is 0. The summed E-state index contributed by atoms with van der Waals surface area (Å²) >= 11 is 3.47. The van der Waals surface area contributed by atoms with E-state index in [9.17, 15) is 0 Å². The third kappa shape index (κ3) is 11.0. The van der Waals surface area contributed by atoms with Gasteiger partial charge in [-0.25, -0.2) is 0 Å². The van der Waals surface area contributed by atoms with Crippen molar-refractivity contribution in [1.29, 1.82) is 5.26 Å². The van der Waals surface area contributed by atoms with E-state index in [-0.39, 0.29) is 0 Å². The Morgan fingerprint density at radius 2 is 1.50 bits per heavy atom. The fourth-order valence-corrected chi connectivity index (χ4v) is 2.51. The third-order valence-electron chi connectivity index (χ3n) is 3.32. The fraction of sp³-hybridized carbons (Fsp3) is 0.933. The van der Waals surface area contributed by atoms with Gasteiger partial charge in [0.15, 0.2) is 0 Å². The highest BCUT2D eigenvalue weighted by molar-refractivity contribution is 9.09. The quantitative estimate of drug-likeness (QED) is 0.384. The van der Waals surface area contributed by atoms with Crippen LogP contribution in [-0.2, 0) is 0 Å². The molecule has 0 N–H and O–H groups in total. The molecule has 0 aromatic carbocycles. The number of nitriles is 1. The normalized spacial score (nSPS) is 11.1. The highest BCUT2D eigenvalue weighted by Crippen LogP contribution is 2.09. The predicted molar refractivity (Wildman–Crippen MR) is 83.1 cm³/mol. The predicted octanol–water partition coefficient (Wildman–Crippen LogP) is 4.74. The number of halogens is 1. The SMILES string of the molecule is CC(C)N(CCC#N)CCCCCCCCCBr. The van der Waals surface area contributed by atoms with Gasteiger partial charge in [0, 0.05) is 24.3 Å². The minimum atomic E-state index is 0.567. The molecule has 0 aromatic heterocycles. The van der Waals surface area contributed by atoms with Crippen molar-refractivity contribution in [2.75, 3.05) is 18.4 Å². The number of unbranched alkanes of at least 4 members (excludes halogenated alkanes) is 6. The molecule has 2 nitrogen and oxygen atoms in total. The first kappa shape index (κ1) is 17.9. The van der Waals surface area contributed by atoms with Crippen LogP contribution in [0.4, 0.5) is 0 Å². The van der Waals surface area contributed by atoms with Crippen molar-refractivity contribution in [3.63, 3.8) is 0 Å². The van der Waals surface area contributed by atoms with E-state index in [0.29, 0.717) is 12.5 Å². The lowest BCUT2D eigenvalue weighted by Crippen LogP contribution is -2.32. The molecule has 0 amide bonds. The van der Waals surface area contributed by atoms with Crippen molar-refractivity contribution in [2.24, 2.45) is 0 Å². The summed E-state index contributed by atoms with van der Waals surface area (Å²) in [5.74, 6) is 0. The van der Waals surface area contributed by atoms with Crippen LogP contribution in [0.1, 0.15) is 65.2 Å². The Morgan fingerprint density at radius 1 is 0.944 bits per heavy atom. The molecular weight excluding hydrogens is 288 g/mol. The molecule has 18 heavy (non-hydrogen) atoms. The molecule has 0 bridgehead atoms. The summed E-state index contributed by atoms with van der Waals surface area (Å²) in [7, 11) is 0. The minimum absolute atomic E-state index is 0.567. The second kappa shape index (κ2) is 13.4. The second-order valence-corrected chi connectivity index (χ2v) is 5.99. The summed E-state index contributed by atoms with van der Waals surface area (Å²) in [4.78, 5) is 2.42. The second-order valence-electron chi connectivity index (χ2n) is 5.20. The van der Waals surface area contributed by atoms with Crippen LogP contribution >= 0.6 is 15.9 Å². The summed E-state index contributed by atoms with van der Waals surface area (Å²) < 4.78 is 0. The van der Waals surface area contributed by atoms with Crippen LogP contribution in [0.25, 0.3) is 0 Å². The molecule has 0 saturated heterocycles. The van der Waals surface area contributed by atoms with Crippen LogP contribution < -0.4 is 0 Å². The third-order valence-corrected chi connectivity index (χ3v) is 3.88. The highest BCUT2D eigenvalue weighted by Gasteiger charge is 2.07. The van der Waals surface area contributed by atoms with E-state index < -0.39 is 0 Å². The van der Waals surface area contributed by atoms with E-state index >= 15 is 0 Å². The molecule has 0 unspecified atom stereocenters. The van der Waals surface area contributed by atoms with E-state index in [0.717, 1.165) is 18.4 Å². The molecule has 0 aromatic rings. The average molecular weight is 317 g/mol. The molecule has 0 saturated carbocycles. The Morgan fingerprint density at radius 3 is 2.00 bits per heavy atom. The van der Waals surface area contributed by atoms with Gasteiger partial charge in [-0.05, 0) is 33.2 Å². The van der Waals surface area contributed by atoms with Crippen molar-refractivity contribution in [1.82, 2.24) is 4.90 Å². The van der Waals surface area contributed by atoms with Gasteiger partial charge in [-0.1, -0.05) is 48.0 Å². The Balaban J connectivity index is 3.41. The Bertz CT molecular complexity index is 211. The maximum atomic E-state index is 8.63. The summed E-state index contributed by atoms with van der Waals surface area (Å²) in [5, 5.41) is 9.78. The molecule has 0 aliphatic carbocycles. The van der Waals surface area contributed by atoms with Crippen molar-refractivity contribution in [3.8, 4) is 6.07 Å². The van der Waals surface area contributed by atoms with E-state index in [1.54, 1.807) is 0 Å². The zero-order chi connectivity index (χ0) is 13.6. The van der Waals surface area contributed by atoms with Gasteiger partial charge in [0.1, 0.15) is 0 Å². The van der Waals surface area contributed by atoms with Gasteiger partial charge in [-0.3, -0.25) is 4.90 Å². The summed E-state index contributed by atoms with van der Waals surface area (Å²) in [6, 6.07) is 2.80. The molecule has 0 heterocycles. The first-order valence-electron chi connectivity index (χ1n) is 7.39. The molecule has 0 fully saturated rings. The lowest BCUT2D eigenvalue weighted by Gasteiger charge is -2.25. The van der Waals surface area contributed by atoms with Crippen molar-refractivity contribution in [3.05, 3.63) is 0 Å². The maximum absolute atomic E-state index is 8.63. The number of nitrogens with zero attached hydrogens (tertiary/aromatic N) is 2. The molecule has 0 aliphatic rings. The zero-order valence-electron chi connectivity index (χ0n) is 12.1. The summed E-state index contributed by atoms with van der Waals surface area (Å²) in [6.45, 7) is 6.52. The van der Waals surface area contributed by atoms with E-state index in [4.69, 9.17) is 5.26 Å². The van der Waals surface area contributed by atoms with Crippen LogP contribution in [0.2, 0.25) is 0 Å². The van der Waals surface area contributed by atoms with Crippen molar-refractivity contribution in [2.45, 2.75) is 71.3 Å². The molecule has 3 heteroatoms. The zero-order valence-corrected chi connectivity index (χ0v) is 13.7. The Hall–Kier alpha value is -0.0700. The van der Waals surface area contributed by atoms with Crippen LogP contribution in [0, 0.1) is 11.3 Å². The largest absolute Gasteiger partial charge is 0.300 e. The van der Waals surface area contributed by atoms with Crippen LogP contribution in [0.3, 0.4) is 0 Å². The molecular formula is C15H29BrN2. The van der Waals surface area contributed by atoms with Crippen LogP contribution in [-0.4, -0.2) is 29.4 Å². The highest BCUT2D eigenvalue weighted by atomic mass is 79.9. The minimum Gasteiger partial charge on any atom is -0.300 e. The molecule has 0 radical (unpaired) electrons. The monoisotopic (exact) mass is 316 g/mol. The topological polar surface area (TPSA) is 27.0 Å². The molecule has 0 spiro atoms. The van der Waals surface area contributed by atoms with E-state index in [1.165, 1.54) is 44.9 Å². The summed E-state index contributed by atoms with van der Waals surface area (Å²) in [5.41, 5.74) is 0. The lowest BCUT2D eigenvalue weighted by molar-refractivity contribution is 0.221. The standard InChI is InChI=1S/C15H29BrN2/c1-15(2)18(14-10-12-17)13-9-7-5-3-4-6-8-11-16/h15H,3-11,13-14H2,1-2H3. The van der Waals surface area contributed by atoms with E-state index in [1.807, 2.05) is 0 Å². The summed E-state index contributed by atoms with van der Waals surface area (Å²) in [6.07, 6.45) is 10.1. The van der Waals surface area contributed by atoms with Gasteiger partial charge in [0.25, 0.3) is 0 Å². The number of rotatable bonds is 12. The van der Waals surface area contributed by atoms with Crippen molar-refractivity contribution >= 4 is 15.9 Å².